The molecule has 1 atom stereocenters. The third-order valence-corrected chi connectivity index (χ3v) is 3.31. The monoisotopic (exact) mass is 319 g/mol. The third-order valence-electron chi connectivity index (χ3n) is 2.52. The van der Waals surface area contributed by atoms with Gasteiger partial charge in [-0.15, -0.1) is 0 Å². The molecule has 0 bridgehead atoms. The molecule has 1 aliphatic heterocycles. The van der Waals surface area contributed by atoms with E-state index in [0.29, 0.717) is 24.0 Å². The predicted molar refractivity (Wildman–Crippen MR) is 68.1 cm³/mol. The lowest BCUT2D eigenvalue weighted by Gasteiger charge is -2.34. The van der Waals surface area contributed by atoms with E-state index in [1.54, 1.807) is 6.07 Å². The van der Waals surface area contributed by atoms with E-state index in [-0.39, 0.29) is 6.61 Å². The number of halogens is 2. The molecule has 2 N–H and O–H groups in total. The first-order chi connectivity index (χ1) is 8.09. The Balaban J connectivity index is 2.32. The molecule has 0 spiro atoms. The molecular formula is C10H11BrClN3O2. The van der Waals surface area contributed by atoms with Crippen LogP contribution in [0, 0.1) is 0 Å². The van der Waals surface area contributed by atoms with Gasteiger partial charge in [-0.1, -0.05) is 11.6 Å². The number of rotatable bonds is 2. The molecule has 1 amide bonds. The minimum absolute atomic E-state index is 0.284. The Labute approximate surface area is 112 Å². The zero-order valence-electron chi connectivity index (χ0n) is 8.90. The molecule has 1 aliphatic rings. The summed E-state index contributed by atoms with van der Waals surface area (Å²) in [5.41, 5.74) is 5.35. The molecule has 0 saturated carbocycles. The number of carbonyl (C=O) groups excluding carboxylic acids is 1. The average molecular weight is 321 g/mol. The number of pyridine rings is 1. The second-order valence-electron chi connectivity index (χ2n) is 3.65. The summed E-state index contributed by atoms with van der Waals surface area (Å²) in [4.78, 5) is 17.4. The highest BCUT2D eigenvalue weighted by Gasteiger charge is 2.29. The molecule has 92 valence electrons. The van der Waals surface area contributed by atoms with Gasteiger partial charge in [0.25, 0.3) is 0 Å². The lowest BCUT2D eigenvalue weighted by atomic mass is 10.2. The van der Waals surface area contributed by atoms with Gasteiger partial charge in [-0.3, -0.25) is 4.79 Å². The Morgan fingerprint density at radius 3 is 3.12 bits per heavy atom. The molecule has 7 heteroatoms. The van der Waals surface area contributed by atoms with Crippen LogP contribution < -0.4 is 10.6 Å². The zero-order valence-corrected chi connectivity index (χ0v) is 11.2. The van der Waals surface area contributed by atoms with E-state index in [1.807, 2.05) is 4.90 Å². The van der Waals surface area contributed by atoms with Crippen LogP contribution in [-0.2, 0) is 9.53 Å². The number of ether oxygens (including phenoxy) is 1. The Morgan fingerprint density at radius 1 is 1.71 bits per heavy atom. The van der Waals surface area contributed by atoms with Gasteiger partial charge < -0.3 is 15.4 Å². The summed E-state index contributed by atoms with van der Waals surface area (Å²) in [6.45, 7) is 1.40. The molecule has 1 saturated heterocycles. The average Bonchev–Trinajstić information content (AvgIpc) is 2.29. The standard InChI is InChI=1S/C10H11BrClN3O2/c11-7-3-6(12)4-14-10(7)15-1-2-17-5-8(15)9(13)16/h3-4,8H,1-2,5H2,(H2,13,16). The van der Waals surface area contributed by atoms with Gasteiger partial charge in [-0.2, -0.15) is 0 Å². The van der Waals surface area contributed by atoms with Crippen molar-refractivity contribution in [2.45, 2.75) is 6.04 Å². The van der Waals surface area contributed by atoms with Gasteiger partial charge in [0.2, 0.25) is 5.91 Å². The fourth-order valence-electron chi connectivity index (χ4n) is 1.71. The van der Waals surface area contributed by atoms with Gasteiger partial charge in [0.1, 0.15) is 11.9 Å². The van der Waals surface area contributed by atoms with E-state index in [0.717, 1.165) is 4.47 Å². The van der Waals surface area contributed by atoms with Crippen LogP contribution in [0.25, 0.3) is 0 Å². The summed E-state index contributed by atoms with van der Waals surface area (Å²) < 4.78 is 5.98. The van der Waals surface area contributed by atoms with Gasteiger partial charge >= 0.3 is 0 Å². The van der Waals surface area contributed by atoms with Gasteiger partial charge in [0.05, 0.1) is 22.7 Å². The highest BCUT2D eigenvalue weighted by molar-refractivity contribution is 9.10. The van der Waals surface area contributed by atoms with Crippen LogP contribution in [0.2, 0.25) is 5.02 Å². The fourth-order valence-corrected chi connectivity index (χ4v) is 2.58. The fraction of sp³-hybridized carbons (Fsp3) is 0.400. The van der Waals surface area contributed by atoms with Crippen molar-refractivity contribution in [3.8, 4) is 0 Å². The molecule has 1 unspecified atom stereocenters. The van der Waals surface area contributed by atoms with E-state index in [2.05, 4.69) is 20.9 Å². The maximum Gasteiger partial charge on any atom is 0.242 e. The smallest absolute Gasteiger partial charge is 0.242 e. The number of carbonyl (C=O) groups is 1. The maximum atomic E-state index is 11.3. The number of primary amides is 1. The van der Waals surface area contributed by atoms with Crippen molar-refractivity contribution >= 4 is 39.3 Å². The van der Waals surface area contributed by atoms with Crippen LogP contribution in [-0.4, -0.2) is 36.7 Å². The molecule has 1 aromatic rings. The topological polar surface area (TPSA) is 68.5 Å². The first-order valence-corrected chi connectivity index (χ1v) is 6.21. The predicted octanol–water partition coefficient (Wildman–Crippen LogP) is 1.19. The molecule has 1 fully saturated rings. The molecule has 1 aromatic heterocycles. The minimum Gasteiger partial charge on any atom is -0.377 e. The van der Waals surface area contributed by atoms with Crippen LogP contribution in [0.15, 0.2) is 16.7 Å². The maximum absolute atomic E-state index is 11.3. The van der Waals surface area contributed by atoms with E-state index in [4.69, 9.17) is 22.1 Å². The van der Waals surface area contributed by atoms with Crippen molar-refractivity contribution < 1.29 is 9.53 Å². The van der Waals surface area contributed by atoms with Gasteiger partial charge in [-0.05, 0) is 22.0 Å². The number of morpholine rings is 1. The number of amides is 1. The number of hydrogen-bond acceptors (Lipinski definition) is 4. The van der Waals surface area contributed by atoms with E-state index in [1.165, 1.54) is 6.20 Å². The Bertz CT molecular complexity index is 444. The number of nitrogens with two attached hydrogens (primary N) is 1. The number of anilines is 1. The Morgan fingerprint density at radius 2 is 2.47 bits per heavy atom. The number of nitrogens with zero attached hydrogens (tertiary/aromatic N) is 2. The van der Waals surface area contributed by atoms with Crippen LogP contribution in [0.3, 0.4) is 0 Å². The summed E-state index contributed by atoms with van der Waals surface area (Å²) in [6.07, 6.45) is 1.54. The van der Waals surface area contributed by atoms with Crippen LogP contribution in [0.4, 0.5) is 5.82 Å². The molecule has 0 aromatic carbocycles. The zero-order chi connectivity index (χ0) is 12.4. The van der Waals surface area contributed by atoms with Crippen molar-refractivity contribution in [2.75, 3.05) is 24.7 Å². The van der Waals surface area contributed by atoms with Crippen molar-refractivity contribution in [1.82, 2.24) is 4.98 Å². The quantitative estimate of drug-likeness (QED) is 0.889. The summed E-state index contributed by atoms with van der Waals surface area (Å²) in [6, 6.07) is 1.24. The Kier molecular flexibility index (Phi) is 3.86. The highest BCUT2D eigenvalue weighted by Crippen LogP contribution is 2.28. The third kappa shape index (κ3) is 2.70. The van der Waals surface area contributed by atoms with Crippen LogP contribution in [0.5, 0.6) is 0 Å². The second-order valence-corrected chi connectivity index (χ2v) is 4.94. The summed E-state index contributed by atoms with van der Waals surface area (Å²) >= 11 is 9.21. The number of hydrogen-bond donors (Lipinski definition) is 1. The van der Waals surface area contributed by atoms with Crippen molar-refractivity contribution in [2.24, 2.45) is 5.73 Å². The van der Waals surface area contributed by atoms with E-state index >= 15 is 0 Å². The molecule has 5 nitrogen and oxygen atoms in total. The lowest BCUT2D eigenvalue weighted by molar-refractivity contribution is -0.121. The SMILES string of the molecule is NC(=O)C1COCCN1c1ncc(Cl)cc1Br. The van der Waals surface area contributed by atoms with E-state index in [9.17, 15) is 4.79 Å². The van der Waals surface area contributed by atoms with Crippen molar-refractivity contribution in [3.63, 3.8) is 0 Å². The molecule has 2 rings (SSSR count). The normalized spacial score (nSPS) is 20.4. The molecular weight excluding hydrogens is 309 g/mol. The summed E-state index contributed by atoms with van der Waals surface area (Å²) in [7, 11) is 0. The Hall–Kier alpha value is -0.850. The highest BCUT2D eigenvalue weighted by atomic mass is 79.9. The summed E-state index contributed by atoms with van der Waals surface area (Å²) in [5, 5.41) is 0.532. The molecule has 0 aliphatic carbocycles. The van der Waals surface area contributed by atoms with E-state index < -0.39 is 11.9 Å². The van der Waals surface area contributed by atoms with Gasteiger partial charge in [-0.25, -0.2) is 4.98 Å². The number of aromatic nitrogens is 1. The van der Waals surface area contributed by atoms with Crippen molar-refractivity contribution in [1.29, 1.82) is 0 Å². The summed E-state index contributed by atoms with van der Waals surface area (Å²) in [5.74, 6) is 0.231. The van der Waals surface area contributed by atoms with Crippen molar-refractivity contribution in [3.05, 3.63) is 21.8 Å². The second kappa shape index (κ2) is 5.20. The first kappa shape index (κ1) is 12.6. The lowest BCUT2D eigenvalue weighted by Crippen LogP contribution is -2.53. The largest absolute Gasteiger partial charge is 0.377 e. The molecule has 2 heterocycles. The molecule has 17 heavy (non-hydrogen) atoms. The minimum atomic E-state index is -0.492. The van der Waals surface area contributed by atoms with Crippen LogP contribution >= 0.6 is 27.5 Å². The van der Waals surface area contributed by atoms with Gasteiger partial charge in [0, 0.05) is 12.7 Å². The molecule has 0 radical (unpaired) electrons. The van der Waals surface area contributed by atoms with Gasteiger partial charge in [0.15, 0.2) is 0 Å². The first-order valence-electron chi connectivity index (χ1n) is 5.04. The van der Waals surface area contributed by atoms with Crippen LogP contribution in [0.1, 0.15) is 0 Å².